The number of nitrogens with zero attached hydrogens (tertiary/aromatic N) is 3. The average Bonchev–Trinajstić information content (AvgIpc) is 2.59. The van der Waals surface area contributed by atoms with Crippen LogP contribution in [0.4, 0.5) is 13.2 Å². The maximum atomic E-state index is 12.6. The van der Waals surface area contributed by atoms with Crippen molar-refractivity contribution < 1.29 is 23.7 Å². The van der Waals surface area contributed by atoms with Gasteiger partial charge in [-0.25, -0.2) is 9.97 Å². The minimum atomic E-state index is -4.49. The second-order valence-electron chi connectivity index (χ2n) is 6.32. The van der Waals surface area contributed by atoms with Crippen LogP contribution in [0.25, 0.3) is 11.3 Å². The van der Waals surface area contributed by atoms with E-state index in [9.17, 15) is 18.0 Å². The molecule has 0 radical (unpaired) electrons. The minimum Gasteiger partial charge on any atom is -0.345 e. The lowest BCUT2D eigenvalue weighted by Crippen LogP contribution is -2.77. The van der Waals surface area contributed by atoms with Gasteiger partial charge >= 0.3 is 6.18 Å². The van der Waals surface area contributed by atoms with Gasteiger partial charge in [0, 0.05) is 18.2 Å². The number of aromatic nitrogens is 3. The lowest BCUT2D eigenvalue weighted by Gasteiger charge is -2.19. The largest absolute Gasteiger partial charge is 0.433 e. The molecule has 1 unspecified atom stereocenters. The van der Waals surface area contributed by atoms with Crippen LogP contribution in [0.3, 0.4) is 0 Å². The molecule has 0 saturated heterocycles. The zero-order valence-electron chi connectivity index (χ0n) is 14.6. The molecule has 2 rings (SSSR count). The number of nitrogens with one attached hydrogen (secondary N) is 1. The zero-order chi connectivity index (χ0) is 19.4. The highest BCUT2D eigenvalue weighted by molar-refractivity contribution is 5.83. The third-order valence-electron chi connectivity index (χ3n) is 3.85. The third-order valence-corrected chi connectivity index (χ3v) is 3.85. The summed E-state index contributed by atoms with van der Waals surface area (Å²) in [6.07, 6.45) is -0.582. The van der Waals surface area contributed by atoms with Crippen LogP contribution in [0.5, 0.6) is 0 Å². The lowest BCUT2D eigenvalue weighted by atomic mass is 9.96. The second-order valence-corrected chi connectivity index (χ2v) is 6.32. The molecule has 9 heteroatoms. The molecule has 0 aliphatic heterocycles. The maximum absolute atomic E-state index is 12.6. The molecule has 0 aromatic carbocycles. The number of carbonyl (C=O) groups excluding carboxylic acids is 1. The van der Waals surface area contributed by atoms with Gasteiger partial charge in [-0.15, -0.1) is 0 Å². The average molecular weight is 368 g/mol. The Morgan fingerprint density at radius 1 is 1.23 bits per heavy atom. The first-order valence-corrected chi connectivity index (χ1v) is 8.11. The Bertz CT molecular complexity index is 760. The van der Waals surface area contributed by atoms with Gasteiger partial charge in [0.15, 0.2) is 5.54 Å². The van der Waals surface area contributed by atoms with E-state index in [0.29, 0.717) is 23.4 Å². The molecule has 4 N–H and O–H groups in total. The predicted octanol–water partition coefficient (Wildman–Crippen LogP) is 1.97. The molecule has 140 valence electrons. The Hall–Kier alpha value is -2.55. The van der Waals surface area contributed by atoms with Crippen LogP contribution in [0.1, 0.15) is 38.1 Å². The number of quaternary nitrogens is 1. The Morgan fingerprint density at radius 3 is 2.54 bits per heavy atom. The smallest absolute Gasteiger partial charge is 0.345 e. The second kappa shape index (κ2) is 7.77. The topological polar surface area (TPSA) is 95.4 Å². The molecule has 2 aromatic rings. The van der Waals surface area contributed by atoms with Crippen molar-refractivity contribution in [3.63, 3.8) is 0 Å². The highest BCUT2D eigenvalue weighted by atomic mass is 19.4. The molecule has 2 aromatic heterocycles. The monoisotopic (exact) mass is 368 g/mol. The van der Waals surface area contributed by atoms with Gasteiger partial charge in [-0.3, -0.25) is 9.78 Å². The summed E-state index contributed by atoms with van der Waals surface area (Å²) in [7, 11) is 0. The number of amides is 1. The molecule has 0 saturated carbocycles. The number of alkyl halides is 3. The molecular weight excluding hydrogens is 347 g/mol. The fraction of sp³-hybridized carbons (Fsp3) is 0.412. The molecule has 6 nitrogen and oxygen atoms in total. The van der Waals surface area contributed by atoms with E-state index in [4.69, 9.17) is 0 Å². The van der Waals surface area contributed by atoms with Crippen molar-refractivity contribution in [3.05, 3.63) is 42.1 Å². The van der Waals surface area contributed by atoms with E-state index in [0.717, 1.165) is 18.7 Å². The molecular formula is C17H21F3N5O+. The van der Waals surface area contributed by atoms with Gasteiger partial charge in [0.05, 0.1) is 17.9 Å². The summed E-state index contributed by atoms with van der Waals surface area (Å²) in [4.78, 5) is 23.7. The van der Waals surface area contributed by atoms with Gasteiger partial charge in [-0.1, -0.05) is 6.92 Å². The first kappa shape index (κ1) is 19.8. The van der Waals surface area contributed by atoms with E-state index in [2.05, 4.69) is 26.0 Å². The number of hydrogen-bond acceptors (Lipinski definition) is 4. The van der Waals surface area contributed by atoms with E-state index >= 15 is 0 Å². The van der Waals surface area contributed by atoms with E-state index in [1.165, 1.54) is 12.4 Å². The van der Waals surface area contributed by atoms with Gasteiger partial charge in [-0.05, 0) is 31.5 Å². The van der Waals surface area contributed by atoms with Crippen molar-refractivity contribution in [1.29, 1.82) is 0 Å². The summed E-state index contributed by atoms with van der Waals surface area (Å²) >= 11 is 0. The van der Waals surface area contributed by atoms with Crippen LogP contribution in [0.2, 0.25) is 0 Å². The van der Waals surface area contributed by atoms with E-state index in [-0.39, 0.29) is 12.5 Å². The maximum Gasteiger partial charge on any atom is 0.433 e. The summed E-state index contributed by atoms with van der Waals surface area (Å²) < 4.78 is 37.7. The van der Waals surface area contributed by atoms with Crippen LogP contribution < -0.4 is 11.1 Å². The molecule has 1 atom stereocenters. The first-order valence-electron chi connectivity index (χ1n) is 8.11. The first-order chi connectivity index (χ1) is 12.1. The number of carbonyl (C=O) groups is 1. The minimum absolute atomic E-state index is 0.178. The van der Waals surface area contributed by atoms with Gasteiger partial charge in [0.2, 0.25) is 0 Å². The SMILES string of the molecule is CCCC(C)([NH3+])C(=O)NCc1cc(-c2ccc(C(F)(F)F)nc2)ncn1. The molecule has 2 heterocycles. The van der Waals surface area contributed by atoms with Crippen LogP contribution in [0, 0.1) is 0 Å². The van der Waals surface area contributed by atoms with Crippen molar-refractivity contribution in [2.75, 3.05) is 0 Å². The number of pyridine rings is 1. The van der Waals surface area contributed by atoms with Crippen molar-refractivity contribution >= 4 is 5.91 Å². The van der Waals surface area contributed by atoms with Crippen molar-refractivity contribution in [2.24, 2.45) is 0 Å². The highest BCUT2D eigenvalue weighted by Gasteiger charge is 2.32. The zero-order valence-corrected chi connectivity index (χ0v) is 14.6. The van der Waals surface area contributed by atoms with Crippen LogP contribution in [-0.2, 0) is 17.5 Å². The van der Waals surface area contributed by atoms with Crippen LogP contribution in [0.15, 0.2) is 30.7 Å². The van der Waals surface area contributed by atoms with Gasteiger partial charge in [0.1, 0.15) is 12.0 Å². The number of hydrogen-bond donors (Lipinski definition) is 2. The fourth-order valence-corrected chi connectivity index (χ4v) is 2.41. The quantitative estimate of drug-likeness (QED) is 0.815. The molecule has 0 aliphatic carbocycles. The Morgan fingerprint density at radius 2 is 1.96 bits per heavy atom. The Kier molecular flexibility index (Phi) is 5.91. The Balaban J connectivity index is 2.10. The van der Waals surface area contributed by atoms with Gasteiger partial charge in [-0.2, -0.15) is 13.2 Å². The Labute approximate surface area is 149 Å². The number of rotatable bonds is 6. The standard InChI is InChI=1S/C17H20F3N5O/c1-3-6-16(2,21)15(26)23-9-12-7-13(25-10-24-12)11-4-5-14(22-8-11)17(18,19)20/h4-5,7-8,10H,3,6,9,21H2,1-2H3,(H,23,26)/p+1. The molecule has 0 spiro atoms. The summed E-state index contributed by atoms with van der Waals surface area (Å²) in [5.74, 6) is -0.185. The van der Waals surface area contributed by atoms with Crippen molar-refractivity contribution in [1.82, 2.24) is 20.3 Å². The molecule has 0 aliphatic rings. The van der Waals surface area contributed by atoms with Crippen molar-refractivity contribution in [2.45, 2.75) is 44.9 Å². The molecule has 0 bridgehead atoms. The van der Waals surface area contributed by atoms with E-state index in [1.54, 1.807) is 13.0 Å². The fourth-order valence-electron chi connectivity index (χ4n) is 2.41. The van der Waals surface area contributed by atoms with E-state index < -0.39 is 17.4 Å². The summed E-state index contributed by atoms with van der Waals surface area (Å²) in [5, 5.41) is 2.78. The normalized spacial score (nSPS) is 13.9. The van der Waals surface area contributed by atoms with Gasteiger partial charge in [0.25, 0.3) is 5.91 Å². The van der Waals surface area contributed by atoms with E-state index in [1.807, 2.05) is 6.92 Å². The van der Waals surface area contributed by atoms with Crippen LogP contribution in [-0.4, -0.2) is 26.4 Å². The predicted molar refractivity (Wildman–Crippen MR) is 88.3 cm³/mol. The number of halogens is 3. The molecule has 1 amide bonds. The van der Waals surface area contributed by atoms with Crippen molar-refractivity contribution in [3.8, 4) is 11.3 Å². The molecule has 0 fully saturated rings. The lowest BCUT2D eigenvalue weighted by molar-refractivity contribution is -0.453. The molecule has 26 heavy (non-hydrogen) atoms. The summed E-state index contributed by atoms with van der Waals surface area (Å²) in [5.41, 5.74) is 3.63. The summed E-state index contributed by atoms with van der Waals surface area (Å²) in [6, 6.07) is 3.80. The summed E-state index contributed by atoms with van der Waals surface area (Å²) in [6.45, 7) is 3.92. The van der Waals surface area contributed by atoms with Gasteiger partial charge < -0.3 is 11.1 Å². The highest BCUT2D eigenvalue weighted by Crippen LogP contribution is 2.28. The van der Waals surface area contributed by atoms with Crippen LogP contribution >= 0.6 is 0 Å². The third kappa shape index (κ3) is 4.98.